The van der Waals surface area contributed by atoms with Crippen molar-refractivity contribution in [3.05, 3.63) is 74.4 Å². The van der Waals surface area contributed by atoms with Crippen LogP contribution in [0.4, 0.5) is 5.82 Å². The molecular weight excluding hydrogens is 360 g/mol. The number of nitrogens with one attached hydrogen (secondary N) is 1. The van der Waals surface area contributed by atoms with E-state index in [9.17, 15) is 14.9 Å². The molecule has 28 heavy (non-hydrogen) atoms. The summed E-state index contributed by atoms with van der Waals surface area (Å²) in [6, 6.07) is 8.69. The Balaban J connectivity index is 2.26. The van der Waals surface area contributed by atoms with E-state index in [0.29, 0.717) is 11.6 Å². The van der Waals surface area contributed by atoms with Crippen LogP contribution in [0.2, 0.25) is 0 Å². The van der Waals surface area contributed by atoms with Gasteiger partial charge in [-0.1, -0.05) is 18.2 Å². The molecule has 9 heteroatoms. The molecule has 144 valence electrons. The summed E-state index contributed by atoms with van der Waals surface area (Å²) in [4.78, 5) is 29.2. The van der Waals surface area contributed by atoms with Gasteiger partial charge in [-0.3, -0.25) is 13.9 Å². The second-order valence-corrected chi connectivity index (χ2v) is 6.26. The average molecular weight is 380 g/mol. The lowest BCUT2D eigenvalue weighted by molar-refractivity contribution is 0.408. The van der Waals surface area contributed by atoms with Gasteiger partial charge in [0.2, 0.25) is 0 Å². The minimum atomic E-state index is -0.660. The highest BCUT2D eigenvalue weighted by Crippen LogP contribution is 2.32. The van der Waals surface area contributed by atoms with Crippen LogP contribution in [0.15, 0.2) is 46.2 Å². The van der Waals surface area contributed by atoms with Crippen molar-refractivity contribution >= 4 is 5.82 Å². The fourth-order valence-corrected chi connectivity index (χ4v) is 3.09. The quantitative estimate of drug-likeness (QED) is 0.705. The molecule has 1 N–H and O–H groups in total. The van der Waals surface area contributed by atoms with Crippen molar-refractivity contribution < 1.29 is 4.74 Å². The predicted octanol–water partition coefficient (Wildman–Crippen LogP) is 0.899. The summed E-state index contributed by atoms with van der Waals surface area (Å²) < 4.78 is 9.44. The normalized spacial score (nSPS) is 11.7. The van der Waals surface area contributed by atoms with E-state index in [1.165, 1.54) is 18.7 Å². The number of para-hydroxylation sites is 1. The van der Waals surface area contributed by atoms with E-state index in [0.717, 1.165) is 10.1 Å². The van der Waals surface area contributed by atoms with Crippen LogP contribution in [0.1, 0.15) is 23.0 Å². The summed E-state index contributed by atoms with van der Waals surface area (Å²) in [6.45, 7) is 0. The van der Waals surface area contributed by atoms with Crippen LogP contribution < -0.4 is 21.3 Å². The van der Waals surface area contributed by atoms with E-state index in [2.05, 4.69) is 10.3 Å². The predicted molar refractivity (Wildman–Crippen MR) is 103 cm³/mol. The molecule has 0 radical (unpaired) electrons. The number of nitrogens with zero attached hydrogens (tertiary/aromatic N) is 5. The number of imidazole rings is 1. The van der Waals surface area contributed by atoms with Crippen molar-refractivity contribution in [2.24, 2.45) is 21.1 Å². The van der Waals surface area contributed by atoms with Gasteiger partial charge in [-0.25, -0.2) is 9.78 Å². The molecule has 2 heterocycles. The highest BCUT2D eigenvalue weighted by molar-refractivity contribution is 5.55. The third kappa shape index (κ3) is 3.05. The molecule has 0 unspecified atom stereocenters. The Bertz CT molecular complexity index is 1180. The Morgan fingerprint density at radius 3 is 2.50 bits per heavy atom. The summed E-state index contributed by atoms with van der Waals surface area (Å²) in [5.41, 5.74) is -0.605. The van der Waals surface area contributed by atoms with E-state index in [1.807, 2.05) is 35.9 Å². The maximum Gasteiger partial charge on any atom is 0.332 e. The number of anilines is 1. The molecule has 0 aliphatic heterocycles. The first-order valence-electron chi connectivity index (χ1n) is 8.47. The summed E-state index contributed by atoms with van der Waals surface area (Å²) in [5.74, 6) is 1.35. The highest BCUT2D eigenvalue weighted by Gasteiger charge is 2.25. The van der Waals surface area contributed by atoms with Crippen LogP contribution in [-0.4, -0.2) is 25.8 Å². The lowest BCUT2D eigenvalue weighted by atomic mass is 10.0. The second kappa shape index (κ2) is 7.44. The summed E-state index contributed by atoms with van der Waals surface area (Å²) in [5, 5.41) is 12.7. The zero-order valence-corrected chi connectivity index (χ0v) is 16.0. The summed E-state index contributed by atoms with van der Waals surface area (Å²) >= 11 is 0. The Labute approximate surface area is 161 Å². The number of methoxy groups -OCH3 is 1. The Morgan fingerprint density at radius 1 is 1.18 bits per heavy atom. The first-order valence-corrected chi connectivity index (χ1v) is 8.47. The lowest BCUT2D eigenvalue weighted by Crippen LogP contribution is -2.40. The Morgan fingerprint density at radius 2 is 1.89 bits per heavy atom. The second-order valence-electron chi connectivity index (χ2n) is 6.26. The minimum Gasteiger partial charge on any atom is -0.496 e. The third-order valence-electron chi connectivity index (χ3n) is 4.62. The van der Waals surface area contributed by atoms with E-state index in [1.54, 1.807) is 25.6 Å². The van der Waals surface area contributed by atoms with Gasteiger partial charge >= 0.3 is 5.69 Å². The van der Waals surface area contributed by atoms with Crippen LogP contribution >= 0.6 is 0 Å². The Hall–Kier alpha value is -3.80. The molecule has 1 atom stereocenters. The highest BCUT2D eigenvalue weighted by atomic mass is 16.5. The van der Waals surface area contributed by atoms with Crippen molar-refractivity contribution in [2.45, 2.75) is 6.04 Å². The monoisotopic (exact) mass is 380 g/mol. The van der Waals surface area contributed by atoms with Crippen molar-refractivity contribution in [3.63, 3.8) is 0 Å². The van der Waals surface area contributed by atoms with Gasteiger partial charge < -0.3 is 14.6 Å². The lowest BCUT2D eigenvalue weighted by Gasteiger charge is -2.24. The molecule has 0 aliphatic carbocycles. The number of aromatic nitrogens is 4. The van der Waals surface area contributed by atoms with Crippen molar-refractivity contribution in [2.75, 3.05) is 12.4 Å². The number of benzene rings is 1. The van der Waals surface area contributed by atoms with Crippen molar-refractivity contribution in [1.82, 2.24) is 18.7 Å². The Kier molecular flexibility index (Phi) is 5.04. The van der Waals surface area contributed by atoms with Crippen LogP contribution in [0.3, 0.4) is 0 Å². The summed E-state index contributed by atoms with van der Waals surface area (Å²) in [7, 11) is 6.23. The molecule has 0 spiro atoms. The number of hydrogen-bond acceptors (Lipinski definition) is 6. The molecular formula is C19H20N6O3. The van der Waals surface area contributed by atoms with E-state index >= 15 is 0 Å². The molecule has 0 saturated heterocycles. The van der Waals surface area contributed by atoms with E-state index in [-0.39, 0.29) is 11.4 Å². The van der Waals surface area contributed by atoms with Gasteiger partial charge in [0.25, 0.3) is 5.56 Å². The smallest absolute Gasteiger partial charge is 0.332 e. The molecule has 1 aromatic carbocycles. The minimum absolute atomic E-state index is 0.120. The molecule has 0 bridgehead atoms. The topological polar surface area (TPSA) is 107 Å². The number of nitriles is 1. The first kappa shape index (κ1) is 19.0. The van der Waals surface area contributed by atoms with Crippen molar-refractivity contribution in [3.8, 4) is 11.8 Å². The van der Waals surface area contributed by atoms with Crippen LogP contribution in [0.5, 0.6) is 5.75 Å². The maximum absolute atomic E-state index is 12.4. The van der Waals surface area contributed by atoms with Gasteiger partial charge in [0.05, 0.1) is 7.11 Å². The fourth-order valence-electron chi connectivity index (χ4n) is 3.09. The van der Waals surface area contributed by atoms with Gasteiger partial charge in [0, 0.05) is 39.1 Å². The van der Waals surface area contributed by atoms with E-state index < -0.39 is 17.3 Å². The van der Waals surface area contributed by atoms with Crippen LogP contribution in [0.25, 0.3) is 0 Å². The number of aryl methyl sites for hydroxylation is 1. The van der Waals surface area contributed by atoms with Gasteiger partial charge in [-0.15, -0.1) is 0 Å². The molecule has 9 nitrogen and oxygen atoms in total. The van der Waals surface area contributed by atoms with Crippen molar-refractivity contribution in [1.29, 1.82) is 5.26 Å². The third-order valence-corrected chi connectivity index (χ3v) is 4.62. The number of rotatable bonds is 5. The maximum atomic E-state index is 12.4. The molecule has 3 aromatic rings. The molecule has 0 saturated carbocycles. The molecule has 0 fully saturated rings. The van der Waals surface area contributed by atoms with Gasteiger partial charge in [-0.05, 0) is 6.07 Å². The largest absolute Gasteiger partial charge is 0.496 e. The average Bonchev–Trinajstić information content (AvgIpc) is 3.13. The van der Waals surface area contributed by atoms with Crippen LogP contribution in [0, 0.1) is 11.3 Å². The molecule has 2 aromatic heterocycles. The molecule has 3 rings (SSSR count). The zero-order valence-electron chi connectivity index (χ0n) is 16.0. The van der Waals surface area contributed by atoms with Crippen LogP contribution in [-0.2, 0) is 21.1 Å². The standard InChI is InChI=1S/C19H20N6O3/c1-23-10-9-21-17(23)15(12-7-5-6-8-14(12)28-4)22-16-13(11-20)18(26)25(3)19(27)24(16)2/h5-10,15,22H,1-4H3/t15-/m0/s1. The number of ether oxygens (including phenoxy) is 1. The van der Waals surface area contributed by atoms with Gasteiger partial charge in [0.1, 0.15) is 29.5 Å². The van der Waals surface area contributed by atoms with Gasteiger partial charge in [-0.2, -0.15) is 5.26 Å². The summed E-state index contributed by atoms with van der Waals surface area (Å²) in [6.07, 6.45) is 3.43. The molecule has 0 amide bonds. The number of hydrogen-bond donors (Lipinski definition) is 1. The first-order chi connectivity index (χ1) is 13.4. The fraction of sp³-hybridized carbons (Fsp3) is 0.263. The van der Waals surface area contributed by atoms with Gasteiger partial charge in [0.15, 0.2) is 5.56 Å². The van der Waals surface area contributed by atoms with E-state index in [4.69, 9.17) is 4.74 Å². The SMILES string of the molecule is COc1ccccc1[C@H](Nc1c(C#N)c(=O)n(C)c(=O)n1C)c1nccn1C. The zero-order chi connectivity index (χ0) is 20.4. The molecule has 0 aliphatic rings.